The van der Waals surface area contributed by atoms with Crippen molar-refractivity contribution < 1.29 is 9.47 Å². The Balaban J connectivity index is 2.37. The highest BCUT2D eigenvalue weighted by atomic mass is 35.5. The molecule has 17 heavy (non-hydrogen) atoms. The number of fused-ring (bicyclic) bond motifs is 1. The summed E-state index contributed by atoms with van der Waals surface area (Å²) < 4.78 is 11.4. The first-order valence-electron chi connectivity index (χ1n) is 6.01. The second-order valence-electron chi connectivity index (χ2n) is 4.23. The molecule has 0 bridgehead atoms. The summed E-state index contributed by atoms with van der Waals surface area (Å²) in [5.74, 6) is 1.61. The second kappa shape index (κ2) is 5.61. The Kier molecular flexibility index (Phi) is 4.13. The molecule has 3 nitrogen and oxygen atoms in total. The van der Waals surface area contributed by atoms with E-state index in [9.17, 15) is 0 Å². The lowest BCUT2D eigenvalue weighted by molar-refractivity contribution is 0.296. The molecule has 1 aliphatic heterocycles. The number of nitrogens with two attached hydrogens (primary N) is 1. The number of hydrogen-bond donors (Lipinski definition) is 1. The van der Waals surface area contributed by atoms with E-state index in [2.05, 4.69) is 0 Å². The van der Waals surface area contributed by atoms with Gasteiger partial charge in [-0.2, -0.15) is 0 Å². The van der Waals surface area contributed by atoms with E-state index < -0.39 is 0 Å². The largest absolute Gasteiger partial charge is 0.489 e. The Morgan fingerprint density at radius 2 is 2.12 bits per heavy atom. The van der Waals surface area contributed by atoms with Gasteiger partial charge in [-0.25, -0.2) is 0 Å². The molecule has 0 saturated carbocycles. The van der Waals surface area contributed by atoms with Gasteiger partial charge in [0.2, 0.25) is 0 Å². The third kappa shape index (κ3) is 2.67. The number of halogens is 1. The quantitative estimate of drug-likeness (QED) is 0.903. The standard InChI is InChI=1S/C13H18ClNO2/c1-9-10(4-2-5-15)11(14)8-12-13(9)17-7-3-6-16-12/h8H,2-7,15H2,1H3. The van der Waals surface area contributed by atoms with Gasteiger partial charge in [0, 0.05) is 17.5 Å². The number of ether oxygens (including phenoxy) is 2. The average molecular weight is 256 g/mol. The number of rotatable bonds is 3. The molecular weight excluding hydrogens is 238 g/mol. The molecule has 2 N–H and O–H groups in total. The lowest BCUT2D eigenvalue weighted by Gasteiger charge is -2.15. The maximum atomic E-state index is 6.28. The Hall–Kier alpha value is -0.930. The van der Waals surface area contributed by atoms with E-state index in [4.69, 9.17) is 26.8 Å². The molecule has 0 unspecified atom stereocenters. The van der Waals surface area contributed by atoms with Crippen molar-refractivity contribution in [3.05, 3.63) is 22.2 Å². The van der Waals surface area contributed by atoms with Gasteiger partial charge in [-0.3, -0.25) is 0 Å². The van der Waals surface area contributed by atoms with Crippen LogP contribution in [0.4, 0.5) is 0 Å². The molecule has 0 spiro atoms. The van der Waals surface area contributed by atoms with Crippen molar-refractivity contribution in [1.82, 2.24) is 0 Å². The maximum Gasteiger partial charge on any atom is 0.164 e. The first-order valence-corrected chi connectivity index (χ1v) is 6.39. The molecule has 0 atom stereocenters. The third-order valence-electron chi connectivity index (χ3n) is 2.99. The van der Waals surface area contributed by atoms with E-state index in [0.717, 1.165) is 46.9 Å². The predicted octanol–water partition coefficient (Wildman–Crippen LogP) is 2.70. The number of hydrogen-bond acceptors (Lipinski definition) is 3. The minimum atomic E-state index is 0.671. The van der Waals surface area contributed by atoms with Gasteiger partial charge >= 0.3 is 0 Å². The fourth-order valence-electron chi connectivity index (χ4n) is 2.06. The molecular formula is C13H18ClNO2. The van der Waals surface area contributed by atoms with Gasteiger partial charge in [-0.1, -0.05) is 11.6 Å². The smallest absolute Gasteiger partial charge is 0.164 e. The first kappa shape index (κ1) is 12.5. The SMILES string of the molecule is Cc1c(CCCN)c(Cl)cc2c1OCCCO2. The van der Waals surface area contributed by atoms with Gasteiger partial charge in [0.15, 0.2) is 11.5 Å². The van der Waals surface area contributed by atoms with E-state index in [1.165, 1.54) is 0 Å². The highest BCUT2D eigenvalue weighted by Crippen LogP contribution is 2.39. The molecule has 1 aromatic rings. The minimum Gasteiger partial charge on any atom is -0.489 e. The zero-order chi connectivity index (χ0) is 12.3. The summed E-state index contributed by atoms with van der Waals surface area (Å²) in [6.07, 6.45) is 2.72. The van der Waals surface area contributed by atoms with Crippen molar-refractivity contribution in [3.63, 3.8) is 0 Å². The van der Waals surface area contributed by atoms with Crippen molar-refractivity contribution in [3.8, 4) is 11.5 Å². The Morgan fingerprint density at radius 3 is 2.88 bits per heavy atom. The van der Waals surface area contributed by atoms with E-state index in [1.807, 2.05) is 13.0 Å². The molecule has 0 aliphatic carbocycles. The zero-order valence-electron chi connectivity index (χ0n) is 10.1. The van der Waals surface area contributed by atoms with Gasteiger partial charge in [-0.15, -0.1) is 0 Å². The highest BCUT2D eigenvalue weighted by Gasteiger charge is 2.18. The van der Waals surface area contributed by atoms with Gasteiger partial charge in [0.25, 0.3) is 0 Å². The Bertz CT molecular complexity index is 407. The van der Waals surface area contributed by atoms with Crippen LogP contribution >= 0.6 is 11.6 Å². The van der Waals surface area contributed by atoms with Crippen molar-refractivity contribution in [1.29, 1.82) is 0 Å². The zero-order valence-corrected chi connectivity index (χ0v) is 10.8. The van der Waals surface area contributed by atoms with Crippen LogP contribution in [0.2, 0.25) is 5.02 Å². The Morgan fingerprint density at radius 1 is 1.35 bits per heavy atom. The summed E-state index contributed by atoms with van der Waals surface area (Å²) in [4.78, 5) is 0. The normalized spacial score (nSPS) is 14.5. The van der Waals surface area contributed by atoms with Gasteiger partial charge in [0.1, 0.15) is 0 Å². The fourth-order valence-corrected chi connectivity index (χ4v) is 2.39. The summed E-state index contributed by atoms with van der Waals surface area (Å²) >= 11 is 6.28. The van der Waals surface area contributed by atoms with Crippen LogP contribution in [0.1, 0.15) is 24.0 Å². The van der Waals surface area contributed by atoms with Gasteiger partial charge in [-0.05, 0) is 37.4 Å². The lowest BCUT2D eigenvalue weighted by atomic mass is 10.0. The van der Waals surface area contributed by atoms with E-state index in [-0.39, 0.29) is 0 Å². The maximum absolute atomic E-state index is 6.28. The summed E-state index contributed by atoms with van der Waals surface area (Å²) in [5.41, 5.74) is 7.75. The van der Waals surface area contributed by atoms with Crippen LogP contribution in [-0.4, -0.2) is 19.8 Å². The average Bonchev–Trinajstić information content (AvgIpc) is 2.54. The van der Waals surface area contributed by atoms with Crippen LogP contribution in [0.15, 0.2) is 6.07 Å². The summed E-state index contributed by atoms with van der Waals surface area (Å²) in [6.45, 7) is 4.09. The molecule has 1 aliphatic rings. The molecule has 1 aromatic carbocycles. The molecule has 1 heterocycles. The van der Waals surface area contributed by atoms with Gasteiger partial charge < -0.3 is 15.2 Å². The summed E-state index contributed by atoms with van der Waals surface area (Å²) in [7, 11) is 0. The molecule has 0 fully saturated rings. The molecule has 2 rings (SSSR count). The van der Waals surface area contributed by atoms with Crippen molar-refractivity contribution in [2.24, 2.45) is 5.73 Å². The lowest BCUT2D eigenvalue weighted by Crippen LogP contribution is -2.04. The summed E-state index contributed by atoms with van der Waals surface area (Å²) in [6, 6.07) is 1.86. The van der Waals surface area contributed by atoms with Gasteiger partial charge in [0.05, 0.1) is 13.2 Å². The highest BCUT2D eigenvalue weighted by molar-refractivity contribution is 6.31. The predicted molar refractivity (Wildman–Crippen MR) is 69.2 cm³/mol. The first-order chi connectivity index (χ1) is 8.24. The van der Waals surface area contributed by atoms with Crippen LogP contribution in [0.5, 0.6) is 11.5 Å². The van der Waals surface area contributed by atoms with E-state index in [0.29, 0.717) is 19.8 Å². The monoisotopic (exact) mass is 255 g/mol. The fraction of sp³-hybridized carbons (Fsp3) is 0.538. The van der Waals surface area contributed by atoms with Crippen LogP contribution in [0, 0.1) is 6.92 Å². The van der Waals surface area contributed by atoms with Crippen molar-refractivity contribution >= 4 is 11.6 Å². The molecule has 4 heteroatoms. The third-order valence-corrected chi connectivity index (χ3v) is 3.32. The summed E-state index contributed by atoms with van der Waals surface area (Å²) in [5, 5.41) is 0.750. The van der Waals surface area contributed by atoms with E-state index >= 15 is 0 Å². The minimum absolute atomic E-state index is 0.671. The molecule has 0 amide bonds. The molecule has 0 aromatic heterocycles. The topological polar surface area (TPSA) is 44.5 Å². The number of benzene rings is 1. The van der Waals surface area contributed by atoms with Crippen LogP contribution in [-0.2, 0) is 6.42 Å². The Labute approximate surface area is 107 Å². The van der Waals surface area contributed by atoms with E-state index in [1.54, 1.807) is 0 Å². The second-order valence-corrected chi connectivity index (χ2v) is 4.64. The molecule has 0 radical (unpaired) electrons. The molecule has 94 valence electrons. The van der Waals surface area contributed by atoms with Crippen LogP contribution in [0.25, 0.3) is 0 Å². The molecule has 0 saturated heterocycles. The van der Waals surface area contributed by atoms with Crippen LogP contribution < -0.4 is 15.2 Å². The van der Waals surface area contributed by atoms with Crippen LogP contribution in [0.3, 0.4) is 0 Å². The van der Waals surface area contributed by atoms with Crippen molar-refractivity contribution in [2.45, 2.75) is 26.2 Å². The van der Waals surface area contributed by atoms with Crippen molar-refractivity contribution in [2.75, 3.05) is 19.8 Å².